The van der Waals surface area contributed by atoms with Crippen LogP contribution in [0, 0.1) is 0 Å². The van der Waals surface area contributed by atoms with Gasteiger partial charge in [0.15, 0.2) is 5.12 Å². The van der Waals surface area contributed by atoms with Gasteiger partial charge in [-0.15, -0.1) is 12.6 Å². The van der Waals surface area contributed by atoms with Crippen LogP contribution in [0.4, 0.5) is 0 Å². The molecule has 0 aromatic carbocycles. The maximum atomic E-state index is 11.5. The maximum Gasteiger partial charge on any atom is 0.189 e. The van der Waals surface area contributed by atoms with E-state index in [0.29, 0.717) is 0 Å². The molecule has 1 aliphatic rings. The summed E-state index contributed by atoms with van der Waals surface area (Å²) in [6, 6.07) is 1.19. The van der Waals surface area contributed by atoms with Gasteiger partial charge in [0.2, 0.25) is 0 Å². The van der Waals surface area contributed by atoms with E-state index < -0.39 is 8.07 Å². The summed E-state index contributed by atoms with van der Waals surface area (Å²) in [5.41, 5.74) is 0. The Morgan fingerprint density at radius 3 is 2.08 bits per heavy atom. The predicted molar refractivity (Wildman–Crippen MR) is 58.5 cm³/mol. The van der Waals surface area contributed by atoms with Crippen molar-refractivity contribution in [1.29, 1.82) is 0 Å². The lowest BCUT2D eigenvalue weighted by Crippen LogP contribution is -2.49. The summed E-state index contributed by atoms with van der Waals surface area (Å²) in [6.07, 6.45) is 3.42. The van der Waals surface area contributed by atoms with Gasteiger partial charge in [-0.3, -0.25) is 4.79 Å². The number of thiol groups is 1. The van der Waals surface area contributed by atoms with E-state index in [-0.39, 0.29) is 10.2 Å². The van der Waals surface area contributed by atoms with Gasteiger partial charge in [0.05, 0.1) is 8.07 Å². The Morgan fingerprint density at radius 2 is 2.00 bits per heavy atom. The van der Waals surface area contributed by atoms with Crippen LogP contribution in [-0.4, -0.2) is 13.2 Å². The number of hydrogen-bond donors (Lipinski definition) is 1. The minimum Gasteiger partial charge on any atom is -0.287 e. The van der Waals surface area contributed by atoms with Crippen molar-refractivity contribution in [2.45, 2.75) is 50.4 Å². The topological polar surface area (TPSA) is 17.1 Å². The Balaban J connectivity index is 2.87. The van der Waals surface area contributed by atoms with Crippen molar-refractivity contribution in [3.8, 4) is 0 Å². The van der Waals surface area contributed by atoms with Crippen LogP contribution in [0.2, 0.25) is 24.2 Å². The fourth-order valence-electron chi connectivity index (χ4n) is 2.05. The van der Waals surface area contributed by atoms with Crippen LogP contribution < -0.4 is 0 Å². The van der Waals surface area contributed by atoms with Crippen molar-refractivity contribution in [2.75, 3.05) is 0 Å². The third-order valence-corrected chi connectivity index (χ3v) is 9.52. The molecule has 0 radical (unpaired) electrons. The molecule has 3 heteroatoms. The summed E-state index contributed by atoms with van der Waals surface area (Å²) >= 11 is 4.05. The number of hydrogen-bond acceptors (Lipinski definition) is 1. The lowest BCUT2D eigenvalue weighted by Gasteiger charge is -2.49. The van der Waals surface area contributed by atoms with E-state index in [1.165, 1.54) is 12.5 Å². The first-order valence-corrected chi connectivity index (χ1v) is 8.35. The molecule has 1 saturated carbocycles. The summed E-state index contributed by atoms with van der Waals surface area (Å²) in [7, 11) is -1.33. The first kappa shape index (κ1) is 10.3. The number of rotatable bonds is 3. The number of carbonyl (C=O) groups is 1. The lowest BCUT2D eigenvalue weighted by atomic mass is 9.85. The molecule has 0 amide bonds. The van der Waals surface area contributed by atoms with Crippen LogP contribution in [0.1, 0.15) is 26.2 Å². The lowest BCUT2D eigenvalue weighted by molar-refractivity contribution is -0.115. The van der Waals surface area contributed by atoms with Gasteiger partial charge >= 0.3 is 0 Å². The molecule has 1 fully saturated rings. The van der Waals surface area contributed by atoms with Gasteiger partial charge in [-0.1, -0.05) is 32.5 Å². The zero-order valence-electron chi connectivity index (χ0n) is 8.18. The molecule has 0 aromatic rings. The molecular weight excluding hydrogens is 184 g/mol. The maximum absolute atomic E-state index is 11.5. The highest BCUT2D eigenvalue weighted by Crippen LogP contribution is 2.57. The van der Waals surface area contributed by atoms with E-state index in [2.05, 4.69) is 32.6 Å². The summed E-state index contributed by atoms with van der Waals surface area (Å²) < 4.78 is 0. The van der Waals surface area contributed by atoms with E-state index in [4.69, 9.17) is 0 Å². The van der Waals surface area contributed by atoms with Crippen molar-refractivity contribution >= 4 is 25.8 Å². The van der Waals surface area contributed by atoms with Crippen molar-refractivity contribution < 1.29 is 4.79 Å². The molecule has 1 nitrogen and oxygen atoms in total. The second-order valence-electron chi connectivity index (χ2n) is 4.48. The van der Waals surface area contributed by atoms with Gasteiger partial charge in [-0.25, -0.2) is 0 Å². The van der Waals surface area contributed by atoms with Crippen LogP contribution in [0.25, 0.3) is 0 Å². The van der Waals surface area contributed by atoms with Crippen LogP contribution in [0.15, 0.2) is 0 Å². The van der Waals surface area contributed by atoms with E-state index >= 15 is 0 Å². The largest absolute Gasteiger partial charge is 0.287 e. The van der Waals surface area contributed by atoms with E-state index in [1.54, 1.807) is 0 Å². The molecule has 0 aliphatic heterocycles. The van der Waals surface area contributed by atoms with Crippen LogP contribution in [0.5, 0.6) is 0 Å². The Bertz CT molecular complexity index is 197. The first-order valence-electron chi connectivity index (χ1n) is 4.70. The third-order valence-electron chi connectivity index (χ3n) is 3.80. The van der Waals surface area contributed by atoms with Gasteiger partial charge in [0.25, 0.3) is 0 Å². The minimum atomic E-state index is -1.33. The van der Waals surface area contributed by atoms with Crippen molar-refractivity contribution in [2.24, 2.45) is 0 Å². The molecule has 1 rings (SSSR count). The highest BCUT2D eigenvalue weighted by Gasteiger charge is 2.53. The van der Waals surface area contributed by atoms with Crippen LogP contribution in [-0.2, 0) is 4.79 Å². The van der Waals surface area contributed by atoms with Crippen molar-refractivity contribution in [1.82, 2.24) is 0 Å². The average molecular weight is 202 g/mol. The molecule has 0 heterocycles. The quantitative estimate of drug-likeness (QED) is 0.550. The Labute approximate surface area is 81.4 Å². The molecule has 0 unspecified atom stereocenters. The third kappa shape index (κ3) is 1.27. The molecule has 0 atom stereocenters. The molecule has 0 N–H and O–H groups in total. The second-order valence-corrected chi connectivity index (χ2v) is 10.3. The zero-order valence-corrected chi connectivity index (χ0v) is 10.1. The van der Waals surface area contributed by atoms with Gasteiger partial charge in [-0.05, 0) is 12.8 Å². The highest BCUT2D eigenvalue weighted by atomic mass is 32.1. The molecule has 0 spiro atoms. The SMILES string of the molecule is CC[Si](C)(C)C1(C(=O)S)CCC1. The molecule has 12 heavy (non-hydrogen) atoms. The zero-order chi connectivity index (χ0) is 9.41. The van der Waals surface area contributed by atoms with Crippen molar-refractivity contribution in [3.05, 3.63) is 0 Å². The highest BCUT2D eigenvalue weighted by molar-refractivity contribution is 7.97. The average Bonchev–Trinajstić information content (AvgIpc) is 1.83. The Morgan fingerprint density at radius 1 is 1.50 bits per heavy atom. The summed E-state index contributed by atoms with van der Waals surface area (Å²) in [5.74, 6) is 0. The van der Waals surface area contributed by atoms with Gasteiger partial charge < -0.3 is 0 Å². The fourth-order valence-corrected chi connectivity index (χ4v) is 6.14. The second kappa shape index (κ2) is 3.18. The van der Waals surface area contributed by atoms with Crippen molar-refractivity contribution in [3.63, 3.8) is 0 Å². The molecular formula is C9H18OSSi. The number of carbonyl (C=O) groups excluding carboxylic acids is 1. The van der Waals surface area contributed by atoms with E-state index in [0.717, 1.165) is 12.8 Å². The van der Waals surface area contributed by atoms with Gasteiger partial charge in [-0.2, -0.15) is 0 Å². The molecule has 70 valence electrons. The monoisotopic (exact) mass is 202 g/mol. The fraction of sp³-hybridized carbons (Fsp3) is 0.889. The minimum absolute atomic E-state index is 0.0326. The summed E-state index contributed by atoms with van der Waals surface area (Å²) in [6.45, 7) is 6.85. The smallest absolute Gasteiger partial charge is 0.189 e. The molecule has 1 aliphatic carbocycles. The van der Waals surface area contributed by atoms with Crippen LogP contribution in [0.3, 0.4) is 0 Å². The Hall–Kier alpha value is 0.237. The van der Waals surface area contributed by atoms with Gasteiger partial charge in [0.1, 0.15) is 0 Å². The predicted octanol–water partition coefficient (Wildman–Crippen LogP) is 3.10. The van der Waals surface area contributed by atoms with Crippen LogP contribution >= 0.6 is 12.6 Å². The van der Waals surface area contributed by atoms with E-state index in [1.807, 2.05) is 0 Å². The van der Waals surface area contributed by atoms with E-state index in [9.17, 15) is 4.79 Å². The molecule has 0 bridgehead atoms. The summed E-state index contributed by atoms with van der Waals surface area (Å²) in [4.78, 5) is 11.5. The molecule has 0 aromatic heterocycles. The summed E-state index contributed by atoms with van der Waals surface area (Å²) in [5, 5.41) is 0.192. The first-order chi connectivity index (χ1) is 5.46. The van der Waals surface area contributed by atoms with Gasteiger partial charge in [0, 0.05) is 5.04 Å². The standard InChI is InChI=1S/C9H18OSSi/c1-4-12(2,3)9(8(10)11)6-5-7-9/h4-7H2,1-3H3,(H,10,11). The normalized spacial score (nSPS) is 21.7. The Kier molecular flexibility index (Phi) is 2.74. The molecule has 0 saturated heterocycles.